The number of carbonyl (C=O) groups excluding carboxylic acids is 1. The molecule has 2 fully saturated rings. The highest BCUT2D eigenvalue weighted by atomic mass is 32.2. The smallest absolute Gasteiger partial charge is 0.203 e. The van der Waals surface area contributed by atoms with Gasteiger partial charge in [0.15, 0.2) is 5.82 Å². The first-order valence-corrected chi connectivity index (χ1v) is 7.24. The maximum Gasteiger partial charge on any atom is 0.203 e. The van der Waals surface area contributed by atoms with Gasteiger partial charge >= 0.3 is 0 Å². The number of aromatic nitrogens is 2. The topological polar surface area (TPSA) is 42.9 Å². The van der Waals surface area contributed by atoms with Gasteiger partial charge in [0.05, 0.1) is 0 Å². The van der Waals surface area contributed by atoms with Crippen LogP contribution in [0.25, 0.3) is 0 Å². The van der Waals surface area contributed by atoms with E-state index in [1.165, 1.54) is 19.3 Å². The highest BCUT2D eigenvalue weighted by Crippen LogP contribution is 2.44. The van der Waals surface area contributed by atoms with Crippen molar-refractivity contribution in [2.24, 2.45) is 5.92 Å². The zero-order valence-electron chi connectivity index (χ0n) is 9.71. The Bertz CT molecular complexity index is 397. The van der Waals surface area contributed by atoms with Crippen LogP contribution in [0.3, 0.4) is 0 Å². The first-order chi connectivity index (χ1) is 8.33. The summed E-state index contributed by atoms with van der Waals surface area (Å²) in [6, 6.07) is 1.75. The second-order valence-corrected chi connectivity index (χ2v) is 6.52. The highest BCUT2D eigenvalue weighted by molar-refractivity contribution is 8.00. The zero-order chi connectivity index (χ0) is 11.7. The number of hydrogen-bond acceptors (Lipinski definition) is 4. The third-order valence-corrected chi connectivity index (χ3v) is 5.31. The normalized spacial score (nSPS) is 32.1. The monoisotopic (exact) mass is 248 g/mol. The van der Waals surface area contributed by atoms with Gasteiger partial charge in [-0.25, -0.2) is 9.97 Å². The number of thioether (sulfide) groups is 1. The summed E-state index contributed by atoms with van der Waals surface area (Å²) in [5.74, 6) is 0.722. The molecular weight excluding hydrogens is 232 g/mol. The Morgan fingerprint density at radius 2 is 1.82 bits per heavy atom. The highest BCUT2D eigenvalue weighted by Gasteiger charge is 2.36. The van der Waals surface area contributed by atoms with E-state index in [1.54, 1.807) is 18.5 Å². The minimum atomic E-state index is 0.155. The lowest BCUT2D eigenvalue weighted by atomic mass is 9.86. The number of hydrogen-bond donors (Lipinski definition) is 0. The number of carbonyl (C=O) groups is 1. The first kappa shape index (κ1) is 11.2. The van der Waals surface area contributed by atoms with Crippen molar-refractivity contribution in [3.8, 4) is 0 Å². The molecule has 4 heteroatoms. The molecule has 90 valence electrons. The van der Waals surface area contributed by atoms with Crippen molar-refractivity contribution in [1.29, 1.82) is 0 Å². The molecule has 3 nitrogen and oxygen atoms in total. The molecule has 2 aliphatic rings. The lowest BCUT2D eigenvalue weighted by molar-refractivity contribution is 0.0885. The van der Waals surface area contributed by atoms with E-state index in [2.05, 4.69) is 21.7 Å². The van der Waals surface area contributed by atoms with Crippen LogP contribution in [0.5, 0.6) is 0 Å². The van der Waals surface area contributed by atoms with Crippen LogP contribution < -0.4 is 0 Å². The molecule has 2 aliphatic heterocycles. The van der Waals surface area contributed by atoms with Gasteiger partial charge in [-0.3, -0.25) is 4.79 Å². The van der Waals surface area contributed by atoms with Gasteiger partial charge < -0.3 is 0 Å². The van der Waals surface area contributed by atoms with Crippen LogP contribution in [-0.4, -0.2) is 26.3 Å². The maximum absolute atomic E-state index is 12.3. The van der Waals surface area contributed by atoms with Crippen molar-refractivity contribution in [3.05, 3.63) is 24.3 Å². The quantitative estimate of drug-likeness (QED) is 0.755. The molecule has 2 saturated heterocycles. The fourth-order valence-electron chi connectivity index (χ4n) is 2.88. The average molecular weight is 248 g/mol. The number of rotatable bonds is 2. The number of nitrogens with zero attached hydrogens (tertiary/aromatic N) is 2. The SMILES string of the molecule is O=C(c1ncccn1)C1CC2CCCC(C1)S2. The van der Waals surface area contributed by atoms with Crippen molar-refractivity contribution in [2.45, 2.75) is 42.6 Å². The molecule has 1 aromatic rings. The Labute approximate surface area is 105 Å². The summed E-state index contributed by atoms with van der Waals surface area (Å²) in [5.41, 5.74) is 0. The van der Waals surface area contributed by atoms with Crippen molar-refractivity contribution in [2.75, 3.05) is 0 Å². The number of ketones is 1. The van der Waals surface area contributed by atoms with Crippen LogP contribution in [0.15, 0.2) is 18.5 Å². The third-order valence-electron chi connectivity index (χ3n) is 3.69. The van der Waals surface area contributed by atoms with Gasteiger partial charge in [-0.1, -0.05) is 6.42 Å². The summed E-state index contributed by atoms with van der Waals surface area (Å²) >= 11 is 2.10. The molecule has 0 radical (unpaired) electrons. The van der Waals surface area contributed by atoms with Crippen molar-refractivity contribution in [1.82, 2.24) is 9.97 Å². The van der Waals surface area contributed by atoms with Gasteiger partial charge in [-0.05, 0) is 31.7 Å². The van der Waals surface area contributed by atoms with Gasteiger partial charge in [0.25, 0.3) is 0 Å². The van der Waals surface area contributed by atoms with E-state index in [1.807, 2.05) is 0 Å². The molecule has 0 spiro atoms. The van der Waals surface area contributed by atoms with Crippen LogP contribution in [0.4, 0.5) is 0 Å². The van der Waals surface area contributed by atoms with E-state index >= 15 is 0 Å². The third kappa shape index (κ3) is 2.37. The average Bonchev–Trinajstić information content (AvgIpc) is 2.38. The zero-order valence-corrected chi connectivity index (χ0v) is 10.5. The Balaban J connectivity index is 1.74. The van der Waals surface area contributed by atoms with E-state index in [0.29, 0.717) is 16.3 Å². The Kier molecular flexibility index (Phi) is 3.14. The van der Waals surface area contributed by atoms with Crippen LogP contribution in [0.2, 0.25) is 0 Å². The molecule has 0 saturated carbocycles. The van der Waals surface area contributed by atoms with Crippen molar-refractivity contribution < 1.29 is 4.79 Å². The molecule has 0 N–H and O–H groups in total. The van der Waals surface area contributed by atoms with Crippen LogP contribution in [0, 0.1) is 5.92 Å². The summed E-state index contributed by atoms with van der Waals surface area (Å²) in [6.45, 7) is 0. The minimum Gasteiger partial charge on any atom is -0.290 e. The predicted octanol–water partition coefficient (Wildman–Crippen LogP) is 2.72. The second kappa shape index (κ2) is 4.77. The molecule has 2 atom stereocenters. The van der Waals surface area contributed by atoms with Crippen LogP contribution in [-0.2, 0) is 0 Å². The Morgan fingerprint density at radius 3 is 2.47 bits per heavy atom. The molecule has 3 heterocycles. The summed E-state index contributed by atoms with van der Waals surface area (Å²) < 4.78 is 0. The molecule has 0 amide bonds. The summed E-state index contributed by atoms with van der Waals surface area (Å²) in [7, 11) is 0. The van der Waals surface area contributed by atoms with Crippen molar-refractivity contribution >= 4 is 17.5 Å². The second-order valence-electron chi connectivity index (χ2n) is 4.92. The predicted molar refractivity (Wildman–Crippen MR) is 68.1 cm³/mol. The minimum absolute atomic E-state index is 0.155. The lowest BCUT2D eigenvalue weighted by Crippen LogP contribution is -2.33. The van der Waals surface area contributed by atoms with Gasteiger partial charge in [-0.2, -0.15) is 11.8 Å². The largest absolute Gasteiger partial charge is 0.290 e. The Hall–Kier alpha value is -0.900. The van der Waals surface area contributed by atoms with Gasteiger partial charge in [0, 0.05) is 28.8 Å². The summed E-state index contributed by atoms with van der Waals surface area (Å²) in [6.07, 6.45) is 9.25. The van der Waals surface area contributed by atoms with Gasteiger partial charge in [-0.15, -0.1) is 0 Å². The van der Waals surface area contributed by atoms with E-state index < -0.39 is 0 Å². The first-order valence-electron chi connectivity index (χ1n) is 6.29. The van der Waals surface area contributed by atoms with E-state index in [0.717, 1.165) is 12.8 Å². The lowest BCUT2D eigenvalue weighted by Gasteiger charge is -2.37. The molecule has 0 aliphatic carbocycles. The van der Waals surface area contributed by atoms with Crippen molar-refractivity contribution in [3.63, 3.8) is 0 Å². The number of Topliss-reactive ketones (excluding diaryl/α,β-unsaturated/α-hetero) is 1. The molecule has 1 aromatic heterocycles. The van der Waals surface area contributed by atoms with E-state index in [9.17, 15) is 4.79 Å². The van der Waals surface area contributed by atoms with Crippen LogP contribution >= 0.6 is 11.8 Å². The van der Waals surface area contributed by atoms with Gasteiger partial charge in [0.2, 0.25) is 5.78 Å². The number of fused-ring (bicyclic) bond motifs is 2. The molecule has 0 aromatic carbocycles. The standard InChI is InChI=1S/C13H16N2OS/c16-12(13-14-5-2-6-15-13)9-7-10-3-1-4-11(8-9)17-10/h2,5-6,9-11H,1,3-4,7-8H2. The van der Waals surface area contributed by atoms with Crippen LogP contribution in [0.1, 0.15) is 42.7 Å². The maximum atomic E-state index is 12.3. The van der Waals surface area contributed by atoms with Gasteiger partial charge in [0.1, 0.15) is 0 Å². The fourth-order valence-corrected chi connectivity index (χ4v) is 4.72. The molecule has 3 rings (SSSR count). The summed E-state index contributed by atoms with van der Waals surface area (Å²) in [4.78, 5) is 20.5. The Morgan fingerprint density at radius 1 is 1.18 bits per heavy atom. The molecular formula is C13H16N2OS. The fraction of sp³-hybridized carbons (Fsp3) is 0.615. The molecule has 17 heavy (non-hydrogen) atoms. The molecule has 2 bridgehead atoms. The van der Waals surface area contributed by atoms with E-state index in [-0.39, 0.29) is 11.7 Å². The van der Waals surface area contributed by atoms with E-state index in [4.69, 9.17) is 0 Å². The summed E-state index contributed by atoms with van der Waals surface area (Å²) in [5, 5.41) is 1.39. The molecule has 2 unspecified atom stereocenters.